The van der Waals surface area contributed by atoms with Crippen LogP contribution in [0, 0.1) is 11.6 Å². The van der Waals surface area contributed by atoms with Crippen LogP contribution in [-0.2, 0) is 11.2 Å². The Labute approximate surface area is 237 Å². The number of rotatable bonds is 11. The van der Waals surface area contributed by atoms with E-state index in [1.54, 1.807) is 16.7 Å². The predicted octanol–water partition coefficient (Wildman–Crippen LogP) is 1.42. The van der Waals surface area contributed by atoms with Crippen LogP contribution in [0.5, 0.6) is 0 Å². The molecule has 7 nitrogen and oxygen atoms in total. The maximum Gasteiger partial charge on any atom is 1.00 e. The monoisotopic (exact) mass is 524 g/mol. The summed E-state index contributed by atoms with van der Waals surface area (Å²) in [7, 11) is 0. The van der Waals surface area contributed by atoms with Crippen LogP contribution >= 0.6 is 0 Å². The Morgan fingerprint density at radius 2 is 1.41 bits per heavy atom. The number of nitrogens with zero attached hydrogens (tertiary/aromatic N) is 1. The van der Waals surface area contributed by atoms with Gasteiger partial charge < -0.3 is 27.0 Å². The van der Waals surface area contributed by atoms with Crippen molar-refractivity contribution in [2.24, 2.45) is 5.73 Å². The fourth-order valence-electron chi connectivity index (χ4n) is 4.54. The first-order valence-corrected chi connectivity index (χ1v) is 11.7. The predicted molar refractivity (Wildman–Crippen MR) is 132 cm³/mol. The summed E-state index contributed by atoms with van der Waals surface area (Å²) in [5, 5.41) is 29.3. The number of aliphatic hydroxyl groups is 2. The number of amides is 1. The van der Waals surface area contributed by atoms with Gasteiger partial charge >= 0.3 is 35.5 Å². The largest absolute Gasteiger partial charge is 1.00 e. The van der Waals surface area contributed by atoms with Gasteiger partial charge in [-0.05, 0) is 68.5 Å². The SMILES string of the molecule is CC(C)n1c(CC[C@@H](O)C[C@@H](O)CC(=O)O)c(-c2ccc(F)cc2)c(-c2ccc(F)cc2)c1C(N)=O.[H-].[Na+]. The molecule has 1 heterocycles. The van der Waals surface area contributed by atoms with Crippen molar-refractivity contribution in [1.82, 2.24) is 4.57 Å². The van der Waals surface area contributed by atoms with E-state index in [-0.39, 0.29) is 62.0 Å². The summed E-state index contributed by atoms with van der Waals surface area (Å²) < 4.78 is 29.2. The molecule has 0 aliphatic heterocycles. The Bertz CT molecular complexity index is 1230. The minimum Gasteiger partial charge on any atom is -1.00 e. The van der Waals surface area contributed by atoms with Crippen molar-refractivity contribution >= 4 is 11.9 Å². The fourth-order valence-corrected chi connectivity index (χ4v) is 4.54. The number of carbonyl (C=O) groups excluding carboxylic acids is 1. The van der Waals surface area contributed by atoms with Crippen molar-refractivity contribution in [2.75, 3.05) is 0 Å². The third-order valence-corrected chi connectivity index (χ3v) is 5.99. The quantitative estimate of drug-likeness (QED) is 0.282. The van der Waals surface area contributed by atoms with E-state index in [0.29, 0.717) is 27.9 Å². The van der Waals surface area contributed by atoms with Gasteiger partial charge in [0.05, 0.1) is 18.6 Å². The number of carboxylic acids is 1. The summed E-state index contributed by atoms with van der Waals surface area (Å²) in [6, 6.07) is 11.1. The van der Waals surface area contributed by atoms with Crippen molar-refractivity contribution in [3.05, 3.63) is 71.6 Å². The molecule has 1 amide bonds. The Kier molecular flexibility index (Phi) is 11.0. The molecule has 1 aromatic heterocycles. The molecule has 0 saturated heterocycles. The number of halogens is 2. The van der Waals surface area contributed by atoms with Gasteiger partial charge in [0.1, 0.15) is 17.3 Å². The molecule has 0 radical (unpaired) electrons. The van der Waals surface area contributed by atoms with E-state index in [2.05, 4.69) is 0 Å². The normalized spacial score (nSPS) is 12.7. The van der Waals surface area contributed by atoms with E-state index >= 15 is 0 Å². The van der Waals surface area contributed by atoms with E-state index in [9.17, 15) is 28.6 Å². The van der Waals surface area contributed by atoms with Crippen molar-refractivity contribution in [2.45, 2.75) is 57.8 Å². The first-order valence-electron chi connectivity index (χ1n) is 11.7. The molecule has 2 aromatic carbocycles. The van der Waals surface area contributed by atoms with Crippen molar-refractivity contribution in [3.63, 3.8) is 0 Å². The third-order valence-electron chi connectivity index (χ3n) is 5.99. The Hall–Kier alpha value is -2.56. The zero-order valence-corrected chi connectivity index (χ0v) is 23.1. The molecule has 0 spiro atoms. The third kappa shape index (κ3) is 7.49. The minimum absolute atomic E-state index is 0. The summed E-state index contributed by atoms with van der Waals surface area (Å²) in [6.07, 6.45) is -2.44. The van der Waals surface area contributed by atoms with E-state index in [1.807, 2.05) is 13.8 Å². The van der Waals surface area contributed by atoms with E-state index in [1.165, 1.54) is 36.4 Å². The number of carboxylic acid groups (broad SMARTS) is 1. The number of hydrogen-bond donors (Lipinski definition) is 4. The van der Waals surface area contributed by atoms with Crippen LogP contribution in [0.3, 0.4) is 0 Å². The summed E-state index contributed by atoms with van der Waals surface area (Å²) in [6.45, 7) is 3.73. The molecule has 0 aliphatic rings. The van der Waals surface area contributed by atoms with Gasteiger partial charge in [-0.3, -0.25) is 9.59 Å². The number of aliphatic carboxylic acids is 1. The van der Waals surface area contributed by atoms with Gasteiger partial charge in [0.2, 0.25) is 0 Å². The summed E-state index contributed by atoms with van der Waals surface area (Å²) in [5.74, 6) is -2.76. The molecule has 2 atom stereocenters. The van der Waals surface area contributed by atoms with E-state index in [0.717, 1.165) is 0 Å². The number of nitrogens with two attached hydrogens (primary N) is 1. The van der Waals surface area contributed by atoms with Gasteiger partial charge in [-0.2, -0.15) is 0 Å². The molecular formula is C27H31F2N2NaO5. The second-order valence-corrected chi connectivity index (χ2v) is 9.07. The fraction of sp³-hybridized carbons (Fsp3) is 0.333. The molecular weight excluding hydrogens is 493 g/mol. The molecule has 10 heteroatoms. The van der Waals surface area contributed by atoms with Crippen LogP contribution in [0.15, 0.2) is 48.5 Å². The Morgan fingerprint density at radius 3 is 1.84 bits per heavy atom. The van der Waals surface area contributed by atoms with Crippen molar-refractivity contribution in [3.8, 4) is 22.3 Å². The summed E-state index contributed by atoms with van der Waals surface area (Å²) in [4.78, 5) is 23.6. The second kappa shape index (κ2) is 13.3. The zero-order chi connectivity index (χ0) is 26.6. The molecule has 0 fully saturated rings. The van der Waals surface area contributed by atoms with Crippen molar-refractivity contribution < 1.29 is 64.7 Å². The summed E-state index contributed by atoms with van der Waals surface area (Å²) in [5.41, 5.74) is 8.91. The first kappa shape index (κ1) is 30.7. The van der Waals surface area contributed by atoms with Crippen LogP contribution < -0.4 is 35.3 Å². The molecule has 3 aromatic rings. The van der Waals surface area contributed by atoms with Crippen molar-refractivity contribution in [1.29, 1.82) is 0 Å². The molecule has 5 N–H and O–H groups in total. The molecule has 194 valence electrons. The molecule has 0 aliphatic carbocycles. The first-order chi connectivity index (χ1) is 17.0. The van der Waals surface area contributed by atoms with Gasteiger partial charge in [0, 0.05) is 22.9 Å². The van der Waals surface area contributed by atoms with Crippen LogP contribution in [0.1, 0.15) is 56.8 Å². The zero-order valence-electron chi connectivity index (χ0n) is 22.1. The summed E-state index contributed by atoms with van der Waals surface area (Å²) >= 11 is 0. The average Bonchev–Trinajstić information content (AvgIpc) is 3.14. The van der Waals surface area contributed by atoms with Crippen LogP contribution in [0.25, 0.3) is 22.3 Å². The molecule has 0 unspecified atom stereocenters. The number of carbonyl (C=O) groups is 2. The standard InChI is InChI=1S/C27H30F2N2O5.Na.H/c1-15(2)31-22(12-11-20(32)13-21(33)14-23(34)35)24(16-3-7-18(28)8-4-16)25(26(31)27(30)36)17-5-9-19(29)10-6-17;;/h3-10,15,20-21,32-33H,11-14H2,1-2H3,(H2,30,36)(H,34,35);;/q;+1;-1/t20-,21-;;/m1../s1. The van der Waals surface area contributed by atoms with Gasteiger partial charge in [-0.15, -0.1) is 0 Å². The van der Waals surface area contributed by atoms with E-state index in [4.69, 9.17) is 10.8 Å². The number of aliphatic hydroxyl groups excluding tert-OH is 2. The van der Waals surface area contributed by atoms with E-state index < -0.39 is 42.1 Å². The topological polar surface area (TPSA) is 126 Å². The second-order valence-electron chi connectivity index (χ2n) is 9.07. The van der Waals surface area contributed by atoms with Crippen LogP contribution in [-0.4, -0.2) is 44.0 Å². The number of benzene rings is 2. The Balaban J connectivity index is 0.00000361. The van der Waals surface area contributed by atoms with Gasteiger partial charge in [0.15, 0.2) is 0 Å². The maximum absolute atomic E-state index is 13.8. The smallest absolute Gasteiger partial charge is 1.00 e. The molecule has 0 bridgehead atoms. The number of hydrogen-bond acceptors (Lipinski definition) is 4. The van der Waals surface area contributed by atoms with Crippen LogP contribution in [0.4, 0.5) is 8.78 Å². The van der Waals surface area contributed by atoms with Gasteiger partial charge in [-0.25, -0.2) is 8.78 Å². The van der Waals surface area contributed by atoms with Gasteiger partial charge in [0.25, 0.3) is 5.91 Å². The maximum atomic E-state index is 13.8. The number of primary amides is 1. The molecule has 3 rings (SSSR count). The molecule has 37 heavy (non-hydrogen) atoms. The van der Waals surface area contributed by atoms with Crippen LogP contribution in [0.2, 0.25) is 0 Å². The molecule has 0 saturated carbocycles. The average molecular weight is 525 g/mol. The number of aromatic nitrogens is 1. The Morgan fingerprint density at radius 1 is 0.919 bits per heavy atom. The van der Waals surface area contributed by atoms with Gasteiger partial charge in [-0.1, -0.05) is 24.3 Å². The minimum atomic E-state index is -1.21.